The van der Waals surface area contributed by atoms with Gasteiger partial charge >= 0.3 is 0 Å². The highest BCUT2D eigenvalue weighted by molar-refractivity contribution is 7.89. The van der Waals surface area contributed by atoms with Crippen LogP contribution in [0.1, 0.15) is 46.5 Å². The molecule has 3 aromatic rings. The number of rotatable bonds is 8. The minimum Gasteiger partial charge on any atom is -0.365 e. The number of anilines is 2. The third kappa shape index (κ3) is 6.84. The van der Waals surface area contributed by atoms with Crippen LogP contribution in [-0.4, -0.2) is 37.0 Å². The summed E-state index contributed by atoms with van der Waals surface area (Å²) in [5.74, 6) is 2.29. The average molecular weight is 516 g/mol. The Hall–Kier alpha value is -2.42. The van der Waals surface area contributed by atoms with Gasteiger partial charge in [-0.3, -0.25) is 0 Å². The first kappa shape index (κ1) is 25.7. The van der Waals surface area contributed by atoms with Crippen molar-refractivity contribution >= 4 is 44.3 Å². The molecule has 1 heterocycles. The van der Waals surface area contributed by atoms with Crippen LogP contribution in [0.15, 0.2) is 53.4 Å². The number of sulfonamides is 1. The Morgan fingerprint density at radius 1 is 0.914 bits per heavy atom. The van der Waals surface area contributed by atoms with Crippen molar-refractivity contribution in [1.29, 1.82) is 0 Å². The minimum atomic E-state index is -3.60. The zero-order valence-corrected chi connectivity index (χ0v) is 22.1. The van der Waals surface area contributed by atoms with Gasteiger partial charge in [0.05, 0.1) is 10.5 Å². The van der Waals surface area contributed by atoms with E-state index in [2.05, 4.69) is 36.1 Å². The van der Waals surface area contributed by atoms with E-state index in [-0.39, 0.29) is 15.5 Å². The first-order chi connectivity index (χ1) is 16.6. The highest BCUT2D eigenvalue weighted by Crippen LogP contribution is 2.30. The summed E-state index contributed by atoms with van der Waals surface area (Å²) >= 11 is 6.07. The van der Waals surface area contributed by atoms with Crippen molar-refractivity contribution in [3.63, 3.8) is 0 Å². The Morgan fingerprint density at radius 2 is 1.54 bits per heavy atom. The van der Waals surface area contributed by atoms with Crippen LogP contribution in [0.5, 0.6) is 0 Å². The molecule has 0 unspecified atom stereocenters. The fourth-order valence-corrected chi connectivity index (χ4v) is 6.08. The molecule has 0 atom stereocenters. The Bertz CT molecular complexity index is 1270. The topological polar surface area (TPSA) is 96.0 Å². The van der Waals surface area contributed by atoms with Gasteiger partial charge in [0.15, 0.2) is 0 Å². The molecule has 1 aliphatic rings. The van der Waals surface area contributed by atoms with Gasteiger partial charge in [-0.1, -0.05) is 35.9 Å². The number of hydrogen-bond acceptors (Lipinski definition) is 6. The van der Waals surface area contributed by atoms with E-state index < -0.39 is 10.0 Å². The van der Waals surface area contributed by atoms with Crippen LogP contribution in [-0.2, 0) is 10.0 Å². The Labute approximate surface area is 213 Å². The van der Waals surface area contributed by atoms with Crippen molar-refractivity contribution in [2.24, 2.45) is 11.8 Å². The lowest BCUT2D eigenvalue weighted by molar-refractivity contribution is 0.284. The van der Waals surface area contributed by atoms with Gasteiger partial charge in [-0.25, -0.2) is 18.1 Å². The van der Waals surface area contributed by atoms with Gasteiger partial charge in [-0.15, -0.1) is 0 Å². The van der Waals surface area contributed by atoms with E-state index in [1.54, 1.807) is 18.2 Å². The molecule has 188 valence electrons. The lowest BCUT2D eigenvalue weighted by Crippen LogP contribution is -2.32. The van der Waals surface area contributed by atoms with E-state index in [1.165, 1.54) is 6.07 Å². The molecule has 1 saturated carbocycles. The lowest BCUT2D eigenvalue weighted by atomic mass is 9.82. The maximum Gasteiger partial charge on any atom is 0.242 e. The molecular formula is C26H34ClN5O2S. The smallest absolute Gasteiger partial charge is 0.242 e. The van der Waals surface area contributed by atoms with Gasteiger partial charge in [0.1, 0.15) is 10.7 Å². The second kappa shape index (κ2) is 10.7. The second-order valence-corrected chi connectivity index (χ2v) is 12.5. The Morgan fingerprint density at radius 3 is 2.23 bits per heavy atom. The minimum absolute atomic E-state index is 0.111. The van der Waals surface area contributed by atoms with Crippen molar-refractivity contribution in [3.05, 3.63) is 53.6 Å². The SMILES string of the molecule is CC(C)(C)Nc1nc(NCC2CCC(CNS(=O)(=O)c3ccccc3Cl)CC2)nc2ccccc12. The van der Waals surface area contributed by atoms with Crippen LogP contribution < -0.4 is 15.4 Å². The molecule has 1 fully saturated rings. The third-order valence-electron chi connectivity index (χ3n) is 6.30. The van der Waals surface area contributed by atoms with Crippen molar-refractivity contribution < 1.29 is 8.42 Å². The number of halogens is 1. The molecule has 1 aliphatic carbocycles. The maximum absolute atomic E-state index is 12.6. The summed E-state index contributed by atoms with van der Waals surface area (Å²) in [6.07, 6.45) is 4.03. The maximum atomic E-state index is 12.6. The largest absolute Gasteiger partial charge is 0.365 e. The van der Waals surface area contributed by atoms with Gasteiger partial charge in [0.2, 0.25) is 16.0 Å². The van der Waals surface area contributed by atoms with Crippen LogP contribution in [0.3, 0.4) is 0 Å². The predicted octanol–water partition coefficient (Wildman–Crippen LogP) is 5.69. The van der Waals surface area contributed by atoms with Crippen LogP contribution in [0, 0.1) is 11.8 Å². The summed E-state index contributed by atoms with van der Waals surface area (Å²) in [5, 5.41) is 8.19. The summed E-state index contributed by atoms with van der Waals surface area (Å²) in [5.41, 5.74) is 0.798. The monoisotopic (exact) mass is 515 g/mol. The zero-order valence-electron chi connectivity index (χ0n) is 20.5. The van der Waals surface area contributed by atoms with Crippen LogP contribution in [0.4, 0.5) is 11.8 Å². The molecule has 0 saturated heterocycles. The lowest BCUT2D eigenvalue weighted by Gasteiger charge is -2.29. The molecule has 0 bridgehead atoms. The molecule has 0 aliphatic heterocycles. The van der Waals surface area contributed by atoms with E-state index in [0.717, 1.165) is 48.9 Å². The molecule has 1 aromatic heterocycles. The van der Waals surface area contributed by atoms with Crippen molar-refractivity contribution in [2.75, 3.05) is 23.7 Å². The molecule has 7 nitrogen and oxygen atoms in total. The zero-order chi connectivity index (χ0) is 25.1. The van der Waals surface area contributed by atoms with E-state index in [1.807, 2.05) is 24.3 Å². The summed E-state index contributed by atoms with van der Waals surface area (Å²) in [6.45, 7) is 7.58. The molecule has 2 aromatic carbocycles. The number of para-hydroxylation sites is 1. The van der Waals surface area contributed by atoms with Gasteiger partial charge < -0.3 is 10.6 Å². The molecular weight excluding hydrogens is 482 g/mol. The van der Waals surface area contributed by atoms with Crippen LogP contribution >= 0.6 is 11.6 Å². The second-order valence-electron chi connectivity index (χ2n) is 10.3. The number of fused-ring (bicyclic) bond motifs is 1. The summed E-state index contributed by atoms with van der Waals surface area (Å²) in [7, 11) is -3.60. The number of nitrogens with one attached hydrogen (secondary N) is 3. The van der Waals surface area contributed by atoms with Crippen molar-refractivity contribution in [1.82, 2.24) is 14.7 Å². The molecule has 35 heavy (non-hydrogen) atoms. The summed E-state index contributed by atoms with van der Waals surface area (Å²) in [4.78, 5) is 9.60. The van der Waals surface area contributed by atoms with Gasteiger partial charge in [0, 0.05) is 24.0 Å². The standard InChI is InChI=1S/C26H34ClN5O2S/c1-26(2,3)32-24-20-8-4-6-10-22(20)30-25(31-24)28-16-18-12-14-19(15-13-18)17-29-35(33,34)23-11-7-5-9-21(23)27/h4-11,18-19,29H,12-17H2,1-3H3,(H2,28,30,31,32). The van der Waals surface area contributed by atoms with E-state index in [0.29, 0.717) is 24.3 Å². The highest BCUT2D eigenvalue weighted by atomic mass is 35.5. The number of benzene rings is 2. The fourth-order valence-electron chi connectivity index (χ4n) is 4.45. The molecule has 0 amide bonds. The van der Waals surface area contributed by atoms with Gasteiger partial charge in [-0.2, -0.15) is 4.98 Å². The fraction of sp³-hybridized carbons (Fsp3) is 0.462. The number of hydrogen-bond donors (Lipinski definition) is 3. The summed E-state index contributed by atoms with van der Waals surface area (Å²) < 4.78 is 27.9. The van der Waals surface area contributed by atoms with Crippen LogP contribution in [0.25, 0.3) is 10.9 Å². The molecule has 0 radical (unpaired) electrons. The van der Waals surface area contributed by atoms with E-state index >= 15 is 0 Å². The van der Waals surface area contributed by atoms with E-state index in [4.69, 9.17) is 21.6 Å². The van der Waals surface area contributed by atoms with Crippen molar-refractivity contribution in [3.8, 4) is 0 Å². The van der Waals surface area contributed by atoms with Gasteiger partial charge in [0.25, 0.3) is 0 Å². The third-order valence-corrected chi connectivity index (χ3v) is 8.22. The predicted molar refractivity (Wildman–Crippen MR) is 143 cm³/mol. The quantitative estimate of drug-likeness (QED) is 0.356. The normalized spacial score (nSPS) is 19.0. The number of nitrogens with zero attached hydrogens (tertiary/aromatic N) is 2. The van der Waals surface area contributed by atoms with Gasteiger partial charge in [-0.05, 0) is 82.6 Å². The molecule has 0 spiro atoms. The van der Waals surface area contributed by atoms with Crippen LogP contribution in [0.2, 0.25) is 5.02 Å². The Balaban J connectivity index is 1.31. The highest BCUT2D eigenvalue weighted by Gasteiger charge is 2.24. The first-order valence-corrected chi connectivity index (χ1v) is 14.0. The first-order valence-electron chi connectivity index (χ1n) is 12.1. The average Bonchev–Trinajstić information content (AvgIpc) is 2.81. The summed E-state index contributed by atoms with van der Waals surface area (Å²) in [6, 6.07) is 14.6. The van der Waals surface area contributed by atoms with E-state index in [9.17, 15) is 8.42 Å². The van der Waals surface area contributed by atoms with Crippen molar-refractivity contribution in [2.45, 2.75) is 56.9 Å². The molecule has 9 heteroatoms. The number of aromatic nitrogens is 2. The molecule has 3 N–H and O–H groups in total. The Kier molecular flexibility index (Phi) is 7.83. The molecule has 4 rings (SSSR count).